The Morgan fingerprint density at radius 2 is 1.78 bits per heavy atom. The van der Waals surface area contributed by atoms with Gasteiger partial charge in [0.25, 0.3) is 0 Å². The predicted octanol–water partition coefficient (Wildman–Crippen LogP) is 1.05. The van der Waals surface area contributed by atoms with Crippen molar-refractivity contribution in [3.63, 3.8) is 0 Å². The second kappa shape index (κ2) is 5.23. The molecule has 1 aromatic carbocycles. The highest BCUT2D eigenvalue weighted by atomic mass is 19.1. The Morgan fingerprint density at radius 1 is 1.11 bits per heavy atom. The summed E-state index contributed by atoms with van der Waals surface area (Å²) in [6, 6.07) is 5.87. The van der Waals surface area contributed by atoms with Crippen LogP contribution in [0.2, 0.25) is 0 Å². The SMILES string of the molecule is COc1nc(NN)nc(Nc2ccc(F)cc2)n1. The molecule has 0 aliphatic carbocycles. The summed E-state index contributed by atoms with van der Waals surface area (Å²) >= 11 is 0. The average Bonchev–Trinajstić information content (AvgIpc) is 2.41. The van der Waals surface area contributed by atoms with Gasteiger partial charge in [-0.25, -0.2) is 10.2 Å². The Kier molecular flexibility index (Phi) is 3.49. The molecule has 0 aliphatic rings. The maximum atomic E-state index is 12.7. The van der Waals surface area contributed by atoms with Crippen LogP contribution in [0.25, 0.3) is 0 Å². The molecule has 4 N–H and O–H groups in total. The van der Waals surface area contributed by atoms with E-state index in [2.05, 4.69) is 25.7 Å². The smallest absolute Gasteiger partial charge is 0.322 e. The van der Waals surface area contributed by atoms with E-state index in [1.165, 1.54) is 19.2 Å². The molecule has 0 unspecified atom stereocenters. The molecule has 0 amide bonds. The number of methoxy groups -OCH3 is 1. The molecule has 0 bridgehead atoms. The first-order valence-corrected chi connectivity index (χ1v) is 5.00. The molecule has 0 radical (unpaired) electrons. The number of hydrazine groups is 1. The number of hydrogen-bond acceptors (Lipinski definition) is 7. The third-order valence-corrected chi connectivity index (χ3v) is 2.03. The van der Waals surface area contributed by atoms with Gasteiger partial charge in [-0.3, -0.25) is 5.43 Å². The zero-order chi connectivity index (χ0) is 13.0. The van der Waals surface area contributed by atoms with Crippen molar-refractivity contribution in [1.82, 2.24) is 15.0 Å². The van der Waals surface area contributed by atoms with Crippen molar-refractivity contribution in [3.05, 3.63) is 30.1 Å². The number of hydrogen-bond donors (Lipinski definition) is 3. The maximum absolute atomic E-state index is 12.7. The van der Waals surface area contributed by atoms with Gasteiger partial charge in [0.1, 0.15) is 5.82 Å². The van der Waals surface area contributed by atoms with Crippen LogP contribution in [0.4, 0.5) is 22.0 Å². The summed E-state index contributed by atoms with van der Waals surface area (Å²) in [4.78, 5) is 11.8. The molecule has 0 saturated carbocycles. The van der Waals surface area contributed by atoms with Crippen molar-refractivity contribution >= 4 is 17.6 Å². The van der Waals surface area contributed by atoms with Crippen molar-refractivity contribution in [3.8, 4) is 6.01 Å². The number of ether oxygens (including phenoxy) is 1. The van der Waals surface area contributed by atoms with Gasteiger partial charge in [0.05, 0.1) is 7.11 Å². The van der Waals surface area contributed by atoms with E-state index < -0.39 is 0 Å². The molecule has 2 rings (SSSR count). The van der Waals surface area contributed by atoms with E-state index in [1.807, 2.05) is 0 Å². The van der Waals surface area contributed by atoms with E-state index in [0.29, 0.717) is 5.69 Å². The minimum atomic E-state index is -0.321. The molecule has 2 aromatic rings. The van der Waals surface area contributed by atoms with Gasteiger partial charge >= 0.3 is 6.01 Å². The van der Waals surface area contributed by atoms with E-state index in [-0.39, 0.29) is 23.7 Å². The van der Waals surface area contributed by atoms with Crippen LogP contribution in [0.15, 0.2) is 24.3 Å². The zero-order valence-corrected chi connectivity index (χ0v) is 9.51. The normalized spacial score (nSPS) is 9.94. The second-order valence-electron chi connectivity index (χ2n) is 3.25. The van der Waals surface area contributed by atoms with Crippen LogP contribution < -0.4 is 21.3 Å². The maximum Gasteiger partial charge on any atom is 0.322 e. The lowest BCUT2D eigenvalue weighted by Gasteiger charge is -2.07. The van der Waals surface area contributed by atoms with Gasteiger partial charge in [-0.1, -0.05) is 0 Å². The Balaban J connectivity index is 2.25. The first kappa shape index (κ1) is 12.0. The van der Waals surface area contributed by atoms with Crippen LogP contribution in [0.1, 0.15) is 0 Å². The minimum absolute atomic E-state index is 0.113. The molecule has 7 nitrogen and oxygen atoms in total. The topological polar surface area (TPSA) is 98.0 Å². The van der Waals surface area contributed by atoms with Crippen LogP contribution in [-0.2, 0) is 0 Å². The van der Waals surface area contributed by atoms with Gasteiger partial charge in [0.2, 0.25) is 11.9 Å². The largest absolute Gasteiger partial charge is 0.467 e. The predicted molar refractivity (Wildman–Crippen MR) is 63.9 cm³/mol. The van der Waals surface area contributed by atoms with Gasteiger partial charge in [-0.2, -0.15) is 15.0 Å². The summed E-state index contributed by atoms with van der Waals surface area (Å²) in [5.41, 5.74) is 2.93. The Bertz CT molecular complexity index is 510. The highest BCUT2D eigenvalue weighted by molar-refractivity contribution is 5.53. The number of anilines is 3. The van der Waals surface area contributed by atoms with E-state index in [0.717, 1.165) is 0 Å². The van der Waals surface area contributed by atoms with E-state index in [9.17, 15) is 4.39 Å². The highest BCUT2D eigenvalue weighted by Crippen LogP contribution is 2.16. The number of nitrogens with zero attached hydrogens (tertiary/aromatic N) is 3. The van der Waals surface area contributed by atoms with Crippen molar-refractivity contribution in [2.45, 2.75) is 0 Å². The summed E-state index contributed by atoms with van der Waals surface area (Å²) in [6.45, 7) is 0. The second-order valence-corrected chi connectivity index (χ2v) is 3.25. The first-order chi connectivity index (χ1) is 8.71. The lowest BCUT2D eigenvalue weighted by molar-refractivity contribution is 0.379. The lowest BCUT2D eigenvalue weighted by Crippen LogP contribution is -2.13. The van der Waals surface area contributed by atoms with E-state index in [4.69, 9.17) is 10.6 Å². The lowest BCUT2D eigenvalue weighted by atomic mass is 10.3. The number of nitrogens with one attached hydrogen (secondary N) is 2. The van der Waals surface area contributed by atoms with E-state index in [1.54, 1.807) is 12.1 Å². The molecule has 8 heteroatoms. The van der Waals surface area contributed by atoms with Gasteiger partial charge in [-0.05, 0) is 24.3 Å². The molecule has 0 aliphatic heterocycles. The standard InChI is InChI=1S/C10H11FN6O/c1-18-10-15-8(14-9(16-10)17-12)13-7-4-2-6(11)3-5-7/h2-5H,12H2,1H3,(H2,13,14,15,16,17). The number of rotatable bonds is 4. The number of nitrogens with two attached hydrogens (primary N) is 1. The number of benzene rings is 1. The van der Waals surface area contributed by atoms with Crippen LogP contribution >= 0.6 is 0 Å². The van der Waals surface area contributed by atoms with Crippen molar-refractivity contribution in [2.75, 3.05) is 17.9 Å². The monoisotopic (exact) mass is 250 g/mol. The fourth-order valence-corrected chi connectivity index (χ4v) is 1.23. The summed E-state index contributed by atoms with van der Waals surface area (Å²) < 4.78 is 17.6. The van der Waals surface area contributed by atoms with Crippen LogP contribution in [-0.4, -0.2) is 22.1 Å². The van der Waals surface area contributed by atoms with Gasteiger partial charge < -0.3 is 10.1 Å². The van der Waals surface area contributed by atoms with Gasteiger partial charge in [-0.15, -0.1) is 0 Å². The third-order valence-electron chi connectivity index (χ3n) is 2.03. The number of halogens is 1. The van der Waals surface area contributed by atoms with Crippen LogP contribution in [0, 0.1) is 5.82 Å². The quantitative estimate of drug-likeness (QED) is 0.551. The van der Waals surface area contributed by atoms with Crippen molar-refractivity contribution in [2.24, 2.45) is 5.84 Å². The molecule has 18 heavy (non-hydrogen) atoms. The molecule has 0 fully saturated rings. The van der Waals surface area contributed by atoms with Crippen LogP contribution in [0.3, 0.4) is 0 Å². The molecule has 0 spiro atoms. The summed E-state index contributed by atoms with van der Waals surface area (Å²) in [5.74, 6) is 5.29. The van der Waals surface area contributed by atoms with Crippen LogP contribution in [0.5, 0.6) is 6.01 Å². The summed E-state index contributed by atoms with van der Waals surface area (Å²) in [6.07, 6.45) is 0. The molecule has 94 valence electrons. The average molecular weight is 250 g/mol. The summed E-state index contributed by atoms with van der Waals surface area (Å²) in [5, 5.41) is 2.88. The Hall–Kier alpha value is -2.48. The van der Waals surface area contributed by atoms with Gasteiger partial charge in [0, 0.05) is 5.69 Å². The Labute approximate surface area is 102 Å². The summed E-state index contributed by atoms with van der Waals surface area (Å²) in [7, 11) is 1.43. The molecule has 0 atom stereocenters. The zero-order valence-electron chi connectivity index (χ0n) is 9.51. The molecular formula is C10H11FN6O. The molecular weight excluding hydrogens is 239 g/mol. The Morgan fingerprint density at radius 3 is 2.39 bits per heavy atom. The van der Waals surface area contributed by atoms with Crippen molar-refractivity contribution < 1.29 is 9.13 Å². The first-order valence-electron chi connectivity index (χ1n) is 5.00. The molecule has 1 aromatic heterocycles. The molecule has 1 heterocycles. The number of aromatic nitrogens is 3. The van der Waals surface area contributed by atoms with Crippen molar-refractivity contribution in [1.29, 1.82) is 0 Å². The van der Waals surface area contributed by atoms with Gasteiger partial charge in [0.15, 0.2) is 0 Å². The molecule has 0 saturated heterocycles. The fourth-order valence-electron chi connectivity index (χ4n) is 1.23. The fraction of sp³-hybridized carbons (Fsp3) is 0.100. The number of nitrogen functional groups attached to an aromatic ring is 1. The minimum Gasteiger partial charge on any atom is -0.467 e. The van der Waals surface area contributed by atoms with E-state index >= 15 is 0 Å². The third kappa shape index (κ3) is 2.80. The highest BCUT2D eigenvalue weighted by Gasteiger charge is 2.06.